The zero-order valence-electron chi connectivity index (χ0n) is 8.44. The number of aliphatic imine (C=N–C) groups is 1. The average molecular weight is 206 g/mol. The number of nitrogens with two attached hydrogens (primary N) is 3. The molecule has 0 unspecified atom stereocenters. The summed E-state index contributed by atoms with van der Waals surface area (Å²) in [4.78, 5) is 4.10. The maximum absolute atomic E-state index is 5.54. The average Bonchev–Trinajstić information content (AvgIpc) is 2.18. The van der Waals surface area contributed by atoms with Crippen LogP contribution >= 0.6 is 0 Å². The van der Waals surface area contributed by atoms with Crippen molar-refractivity contribution in [3.63, 3.8) is 0 Å². The van der Waals surface area contributed by atoms with E-state index in [9.17, 15) is 0 Å². The molecule has 0 radical (unpaired) electrons. The molecule has 0 heterocycles. The fourth-order valence-corrected chi connectivity index (χ4v) is 0.965. The first-order valence-corrected chi connectivity index (χ1v) is 4.34. The van der Waals surface area contributed by atoms with Gasteiger partial charge in [-0.15, -0.1) is 5.10 Å². The molecule has 0 aliphatic heterocycles. The summed E-state index contributed by atoms with van der Waals surface area (Å²) >= 11 is 0. The van der Waals surface area contributed by atoms with Gasteiger partial charge in [0.2, 0.25) is 11.9 Å². The number of guanidine groups is 2. The summed E-state index contributed by atoms with van der Waals surface area (Å²) in [5, 5.41) is 3.52. The SMILES string of the molecule is Cc1ccccc1N=C(N)NN=C(N)N. The van der Waals surface area contributed by atoms with Gasteiger partial charge in [0.25, 0.3) is 0 Å². The summed E-state index contributed by atoms with van der Waals surface area (Å²) in [6, 6.07) is 7.58. The number of nitrogens with one attached hydrogen (secondary N) is 1. The Morgan fingerprint density at radius 1 is 1.20 bits per heavy atom. The molecular weight excluding hydrogens is 192 g/mol. The van der Waals surface area contributed by atoms with Gasteiger partial charge in [0, 0.05) is 0 Å². The second-order valence-corrected chi connectivity index (χ2v) is 2.93. The molecule has 0 bridgehead atoms. The van der Waals surface area contributed by atoms with Crippen molar-refractivity contribution in [2.75, 3.05) is 0 Å². The molecular formula is C9H14N6. The second kappa shape index (κ2) is 4.85. The van der Waals surface area contributed by atoms with E-state index < -0.39 is 0 Å². The molecule has 1 aromatic carbocycles. The van der Waals surface area contributed by atoms with Crippen LogP contribution in [-0.2, 0) is 0 Å². The highest BCUT2D eigenvalue weighted by molar-refractivity contribution is 5.83. The standard InChI is InChI=1S/C9H14N6/c1-6-4-2-3-5-7(6)13-9(12)15-14-8(10)11/h2-5H,1H3,(H4,10,11,14)(H3,12,13,15). The Kier molecular flexibility index (Phi) is 3.50. The minimum atomic E-state index is -0.0991. The number of hydrogen-bond donors (Lipinski definition) is 4. The summed E-state index contributed by atoms with van der Waals surface area (Å²) in [7, 11) is 0. The van der Waals surface area contributed by atoms with E-state index in [2.05, 4.69) is 15.5 Å². The third-order valence-electron chi connectivity index (χ3n) is 1.66. The minimum absolute atomic E-state index is 0.0991. The zero-order chi connectivity index (χ0) is 11.3. The van der Waals surface area contributed by atoms with Gasteiger partial charge in [-0.1, -0.05) is 18.2 Å². The van der Waals surface area contributed by atoms with Gasteiger partial charge in [-0.2, -0.15) is 0 Å². The van der Waals surface area contributed by atoms with Crippen molar-refractivity contribution in [3.8, 4) is 0 Å². The first kappa shape index (κ1) is 10.8. The maximum Gasteiger partial charge on any atom is 0.214 e. The lowest BCUT2D eigenvalue weighted by atomic mass is 10.2. The van der Waals surface area contributed by atoms with Gasteiger partial charge in [-0.25, -0.2) is 10.4 Å². The third-order valence-corrected chi connectivity index (χ3v) is 1.66. The van der Waals surface area contributed by atoms with Gasteiger partial charge in [-0.3, -0.25) is 0 Å². The Labute approximate surface area is 87.9 Å². The lowest BCUT2D eigenvalue weighted by Gasteiger charge is -2.02. The predicted molar refractivity (Wildman–Crippen MR) is 61.4 cm³/mol. The highest BCUT2D eigenvalue weighted by atomic mass is 15.4. The molecule has 0 spiro atoms. The first-order chi connectivity index (χ1) is 7.09. The molecule has 0 aliphatic carbocycles. The van der Waals surface area contributed by atoms with Crippen molar-refractivity contribution in [2.24, 2.45) is 27.3 Å². The van der Waals surface area contributed by atoms with E-state index in [-0.39, 0.29) is 11.9 Å². The maximum atomic E-state index is 5.54. The number of para-hydroxylation sites is 1. The summed E-state index contributed by atoms with van der Waals surface area (Å²) in [5.41, 5.74) is 20.0. The lowest BCUT2D eigenvalue weighted by molar-refractivity contribution is 0.994. The third kappa shape index (κ3) is 3.55. The molecule has 0 fully saturated rings. The Balaban J connectivity index is 2.79. The lowest BCUT2D eigenvalue weighted by Crippen LogP contribution is -2.32. The Bertz CT molecular complexity index is 391. The smallest absolute Gasteiger partial charge is 0.214 e. The second-order valence-electron chi connectivity index (χ2n) is 2.93. The number of rotatable bonds is 2. The van der Waals surface area contributed by atoms with Crippen molar-refractivity contribution in [2.45, 2.75) is 6.92 Å². The summed E-state index contributed by atoms with van der Waals surface area (Å²) < 4.78 is 0. The van der Waals surface area contributed by atoms with Crippen molar-refractivity contribution >= 4 is 17.6 Å². The molecule has 7 N–H and O–H groups in total. The van der Waals surface area contributed by atoms with Crippen molar-refractivity contribution < 1.29 is 0 Å². The monoisotopic (exact) mass is 206 g/mol. The molecule has 0 aromatic heterocycles. The van der Waals surface area contributed by atoms with E-state index in [0.29, 0.717) is 0 Å². The van der Waals surface area contributed by atoms with Gasteiger partial charge in [0.1, 0.15) is 0 Å². The van der Waals surface area contributed by atoms with Crippen LogP contribution in [0.15, 0.2) is 34.4 Å². The van der Waals surface area contributed by atoms with Gasteiger partial charge < -0.3 is 17.2 Å². The van der Waals surface area contributed by atoms with Crippen LogP contribution in [0.2, 0.25) is 0 Å². The molecule has 0 amide bonds. The topological polar surface area (TPSA) is 115 Å². The Morgan fingerprint density at radius 3 is 2.47 bits per heavy atom. The van der Waals surface area contributed by atoms with Gasteiger partial charge >= 0.3 is 0 Å². The quantitative estimate of drug-likeness (QED) is 0.302. The van der Waals surface area contributed by atoms with Crippen molar-refractivity contribution in [1.82, 2.24) is 5.43 Å². The van der Waals surface area contributed by atoms with Crippen molar-refractivity contribution in [3.05, 3.63) is 29.8 Å². The van der Waals surface area contributed by atoms with Crippen LogP contribution in [0.4, 0.5) is 5.69 Å². The minimum Gasteiger partial charge on any atom is -0.369 e. The van der Waals surface area contributed by atoms with Crippen LogP contribution in [0, 0.1) is 6.92 Å². The van der Waals surface area contributed by atoms with Gasteiger partial charge in [0.15, 0.2) is 0 Å². The van der Waals surface area contributed by atoms with Crippen LogP contribution < -0.4 is 22.6 Å². The number of hydrazone groups is 1. The molecule has 15 heavy (non-hydrogen) atoms. The molecule has 6 heteroatoms. The number of aryl methyl sites for hydroxylation is 1. The molecule has 0 aliphatic rings. The molecule has 0 saturated carbocycles. The van der Waals surface area contributed by atoms with E-state index in [1.165, 1.54) is 0 Å². The van der Waals surface area contributed by atoms with Crippen LogP contribution in [0.3, 0.4) is 0 Å². The number of benzene rings is 1. The normalized spacial score (nSPS) is 10.9. The molecule has 0 atom stereocenters. The summed E-state index contributed by atoms with van der Waals surface area (Å²) in [6.07, 6.45) is 0. The molecule has 80 valence electrons. The highest BCUT2D eigenvalue weighted by Gasteiger charge is 1.95. The molecule has 1 aromatic rings. The van der Waals surface area contributed by atoms with Crippen LogP contribution in [0.1, 0.15) is 5.56 Å². The van der Waals surface area contributed by atoms with Crippen molar-refractivity contribution in [1.29, 1.82) is 0 Å². The summed E-state index contributed by atoms with van der Waals surface area (Å²) in [6.45, 7) is 1.94. The van der Waals surface area contributed by atoms with E-state index >= 15 is 0 Å². The van der Waals surface area contributed by atoms with Crippen LogP contribution in [0.25, 0.3) is 0 Å². The molecule has 1 rings (SSSR count). The van der Waals surface area contributed by atoms with Crippen LogP contribution in [0.5, 0.6) is 0 Å². The predicted octanol–water partition coefficient (Wildman–Crippen LogP) is -0.281. The van der Waals surface area contributed by atoms with E-state index in [1.54, 1.807) is 0 Å². The van der Waals surface area contributed by atoms with Crippen LogP contribution in [-0.4, -0.2) is 11.9 Å². The Morgan fingerprint density at radius 2 is 1.87 bits per heavy atom. The Hall–Kier alpha value is -2.24. The molecule has 0 saturated heterocycles. The highest BCUT2D eigenvalue weighted by Crippen LogP contribution is 2.16. The zero-order valence-corrected chi connectivity index (χ0v) is 8.44. The van der Waals surface area contributed by atoms with Gasteiger partial charge in [0.05, 0.1) is 5.69 Å². The fourth-order valence-electron chi connectivity index (χ4n) is 0.965. The molecule has 6 nitrogen and oxygen atoms in total. The van der Waals surface area contributed by atoms with E-state index in [1.807, 2.05) is 31.2 Å². The fraction of sp³-hybridized carbons (Fsp3) is 0.111. The number of hydrogen-bond acceptors (Lipinski definition) is 2. The first-order valence-electron chi connectivity index (χ1n) is 4.34. The summed E-state index contributed by atoms with van der Waals surface area (Å²) in [5.74, 6) is 0.0376. The van der Waals surface area contributed by atoms with Gasteiger partial charge in [-0.05, 0) is 18.6 Å². The van der Waals surface area contributed by atoms with E-state index in [4.69, 9.17) is 17.2 Å². The van der Waals surface area contributed by atoms with E-state index in [0.717, 1.165) is 11.3 Å². The number of nitrogens with zero attached hydrogens (tertiary/aromatic N) is 2. The largest absolute Gasteiger partial charge is 0.369 e.